The Morgan fingerprint density at radius 1 is 1.23 bits per heavy atom. The fraction of sp³-hybridized carbons (Fsp3) is 0.125. The Kier molecular flexibility index (Phi) is 5.22. The third-order valence-corrected chi connectivity index (χ3v) is 6.90. The van der Waals surface area contributed by atoms with Crippen LogP contribution < -0.4 is 0 Å². The average Bonchev–Trinajstić information content (AvgIpc) is 2.13. The van der Waals surface area contributed by atoms with E-state index in [1.807, 2.05) is 12.1 Å². The monoisotopic (exact) mass is 532 g/mol. The van der Waals surface area contributed by atoms with E-state index in [1.165, 1.54) is 0 Å². The maximum absolute atomic E-state index is 11.4. The third kappa shape index (κ3) is 2.91. The number of hydrogen-bond acceptors (Lipinski definition) is 1. The number of hydrogen-bond donors (Lipinski definition) is 0. The summed E-state index contributed by atoms with van der Waals surface area (Å²) >= 11 is 12.2. The second-order valence-corrected chi connectivity index (χ2v) is 5.87. The van der Waals surface area contributed by atoms with Crippen LogP contribution in [0.3, 0.4) is 0 Å². The number of halogens is 4. The predicted octanol–water partition coefficient (Wildman–Crippen LogP) is 3.92. The molecule has 0 fully saturated rings. The summed E-state index contributed by atoms with van der Waals surface area (Å²) in [4.78, 5) is 11.4. The first-order valence-corrected chi connectivity index (χ1v) is 7.07. The van der Waals surface area contributed by atoms with Gasteiger partial charge in [0.1, 0.15) is 0 Å². The molecule has 0 N–H and O–H groups in total. The summed E-state index contributed by atoms with van der Waals surface area (Å²) in [5.41, 5.74) is 0.723. The van der Waals surface area contributed by atoms with Crippen LogP contribution in [-0.4, -0.2) is 11.7 Å². The van der Waals surface area contributed by atoms with E-state index in [9.17, 15) is 4.79 Å². The van der Waals surface area contributed by atoms with Gasteiger partial charge in [-0.15, -0.1) is 11.6 Å². The summed E-state index contributed by atoms with van der Waals surface area (Å²) in [6.07, 6.45) is 0. The van der Waals surface area contributed by atoms with Crippen LogP contribution in [0.1, 0.15) is 10.4 Å². The highest BCUT2D eigenvalue weighted by molar-refractivity contribution is 14.1. The van der Waals surface area contributed by atoms with Crippen molar-refractivity contribution in [2.24, 2.45) is 0 Å². The molecule has 0 radical (unpaired) electrons. The zero-order valence-corrected chi connectivity index (χ0v) is 13.5. The highest BCUT2D eigenvalue weighted by Crippen LogP contribution is 2.24. The van der Waals surface area contributed by atoms with Crippen molar-refractivity contribution in [2.45, 2.75) is 0 Å². The van der Waals surface area contributed by atoms with Gasteiger partial charge in [-0.2, -0.15) is 0 Å². The van der Waals surface area contributed by atoms with Crippen molar-refractivity contribution in [1.82, 2.24) is 0 Å². The van der Waals surface area contributed by atoms with E-state index in [2.05, 4.69) is 67.8 Å². The molecule has 0 aliphatic rings. The molecule has 0 atom stereocenters. The van der Waals surface area contributed by atoms with Crippen LogP contribution in [-0.2, 0) is 0 Å². The Balaban J connectivity index is 3.26. The van der Waals surface area contributed by atoms with Gasteiger partial charge in [0.25, 0.3) is 0 Å². The Morgan fingerprint density at radius 3 is 2.38 bits per heavy atom. The summed E-state index contributed by atoms with van der Waals surface area (Å²) in [5, 5.41) is 0. The Hall–Kier alpha value is 1.37. The van der Waals surface area contributed by atoms with E-state index in [0.29, 0.717) is 0 Å². The minimum absolute atomic E-state index is 0.0135. The Morgan fingerprint density at radius 2 is 1.85 bits per heavy atom. The molecule has 0 saturated carbocycles. The van der Waals surface area contributed by atoms with Gasteiger partial charge in [0.05, 0.1) is 5.88 Å². The molecule has 13 heavy (non-hydrogen) atoms. The van der Waals surface area contributed by atoms with E-state index in [-0.39, 0.29) is 11.7 Å². The molecule has 1 aromatic carbocycles. The van der Waals surface area contributed by atoms with Gasteiger partial charge in [-0.3, -0.25) is 4.79 Å². The fourth-order valence-corrected chi connectivity index (χ4v) is 3.16. The molecule has 0 bridgehead atoms. The van der Waals surface area contributed by atoms with Crippen molar-refractivity contribution >= 4 is 85.2 Å². The van der Waals surface area contributed by atoms with Crippen LogP contribution in [0.4, 0.5) is 0 Å². The minimum atomic E-state index is -0.0135. The standard InChI is InChI=1S/C8H4ClI3O/c9-3-6(13)4-1-2-5(10)8(12)7(4)11/h1-2H,3H2. The van der Waals surface area contributed by atoms with E-state index < -0.39 is 0 Å². The highest BCUT2D eigenvalue weighted by atomic mass is 127. The van der Waals surface area contributed by atoms with Crippen molar-refractivity contribution in [3.63, 3.8) is 0 Å². The van der Waals surface area contributed by atoms with Gasteiger partial charge in [-0.05, 0) is 79.9 Å². The predicted molar refractivity (Wildman–Crippen MR) is 79.6 cm³/mol. The lowest BCUT2D eigenvalue weighted by Crippen LogP contribution is -2.05. The minimum Gasteiger partial charge on any atom is -0.293 e. The molecule has 0 saturated heterocycles. The first kappa shape index (κ1) is 12.4. The molecule has 1 aromatic rings. The van der Waals surface area contributed by atoms with E-state index >= 15 is 0 Å². The van der Waals surface area contributed by atoms with Gasteiger partial charge >= 0.3 is 0 Å². The number of rotatable bonds is 2. The fourth-order valence-electron chi connectivity index (χ4n) is 0.813. The number of carbonyl (C=O) groups excluding carboxylic acids is 1. The summed E-state index contributed by atoms with van der Waals surface area (Å²) in [7, 11) is 0. The quantitative estimate of drug-likeness (QED) is 0.245. The van der Waals surface area contributed by atoms with Gasteiger partial charge < -0.3 is 0 Å². The third-order valence-electron chi connectivity index (χ3n) is 1.46. The molecular weight excluding hydrogens is 528 g/mol. The van der Waals surface area contributed by atoms with Crippen molar-refractivity contribution in [2.75, 3.05) is 5.88 Å². The first-order valence-electron chi connectivity index (χ1n) is 3.30. The number of carbonyl (C=O) groups is 1. The summed E-state index contributed by atoms with van der Waals surface area (Å²) < 4.78 is 3.28. The molecule has 0 spiro atoms. The Bertz CT molecular complexity index is 351. The number of alkyl halides is 1. The van der Waals surface area contributed by atoms with Crippen molar-refractivity contribution in [1.29, 1.82) is 0 Å². The number of benzene rings is 1. The van der Waals surface area contributed by atoms with Gasteiger partial charge in [-0.1, -0.05) is 0 Å². The molecule has 0 aliphatic heterocycles. The molecule has 1 rings (SSSR count). The van der Waals surface area contributed by atoms with E-state index in [4.69, 9.17) is 11.6 Å². The van der Waals surface area contributed by atoms with Gasteiger partial charge in [0.2, 0.25) is 0 Å². The van der Waals surface area contributed by atoms with Crippen LogP contribution in [0.15, 0.2) is 12.1 Å². The molecule has 0 unspecified atom stereocenters. The number of ketones is 1. The topological polar surface area (TPSA) is 17.1 Å². The maximum Gasteiger partial charge on any atom is 0.178 e. The second kappa shape index (κ2) is 5.45. The molecule has 5 heteroatoms. The number of Topliss-reactive ketones (excluding diaryl/α,β-unsaturated/α-hetero) is 1. The lowest BCUT2D eigenvalue weighted by molar-refractivity contribution is 0.102. The molecule has 70 valence electrons. The molecule has 0 amide bonds. The zero-order chi connectivity index (χ0) is 10.0. The van der Waals surface area contributed by atoms with E-state index in [1.54, 1.807) is 0 Å². The maximum atomic E-state index is 11.4. The molecular formula is C8H4ClI3O. The zero-order valence-electron chi connectivity index (χ0n) is 6.28. The summed E-state index contributed by atoms with van der Waals surface area (Å²) in [6.45, 7) is 0. The summed E-state index contributed by atoms with van der Waals surface area (Å²) in [5.74, 6) is 0.0348. The van der Waals surface area contributed by atoms with Gasteiger partial charge in [-0.25, -0.2) is 0 Å². The molecule has 0 aliphatic carbocycles. The smallest absolute Gasteiger partial charge is 0.178 e. The second-order valence-electron chi connectivity index (χ2n) is 2.28. The summed E-state index contributed by atoms with van der Waals surface area (Å²) in [6, 6.07) is 3.76. The van der Waals surface area contributed by atoms with Crippen molar-refractivity contribution in [3.05, 3.63) is 28.4 Å². The van der Waals surface area contributed by atoms with Crippen LogP contribution in [0.2, 0.25) is 0 Å². The van der Waals surface area contributed by atoms with Crippen LogP contribution >= 0.6 is 79.4 Å². The highest BCUT2D eigenvalue weighted by Gasteiger charge is 2.12. The Labute approximate surface area is 122 Å². The van der Waals surface area contributed by atoms with Gasteiger partial charge in [0.15, 0.2) is 5.78 Å². The SMILES string of the molecule is O=C(CCl)c1ccc(I)c(I)c1I. The molecule has 1 nitrogen and oxygen atoms in total. The van der Waals surface area contributed by atoms with Crippen molar-refractivity contribution in [3.8, 4) is 0 Å². The van der Waals surface area contributed by atoms with E-state index in [0.717, 1.165) is 16.3 Å². The normalized spacial score (nSPS) is 10.2. The average molecular weight is 532 g/mol. The van der Waals surface area contributed by atoms with Crippen LogP contribution in [0.25, 0.3) is 0 Å². The van der Waals surface area contributed by atoms with Crippen LogP contribution in [0, 0.1) is 10.7 Å². The lowest BCUT2D eigenvalue weighted by Gasteiger charge is -2.04. The molecule has 0 aromatic heterocycles. The van der Waals surface area contributed by atoms with Crippen molar-refractivity contribution < 1.29 is 4.79 Å². The largest absolute Gasteiger partial charge is 0.293 e. The first-order chi connectivity index (χ1) is 6.07. The molecule has 0 heterocycles. The lowest BCUT2D eigenvalue weighted by atomic mass is 10.1. The van der Waals surface area contributed by atoms with Gasteiger partial charge in [0, 0.05) is 16.3 Å². The van der Waals surface area contributed by atoms with Crippen LogP contribution in [0.5, 0.6) is 0 Å².